The average molecular weight is 288 g/mol. The molecule has 0 heterocycles. The summed E-state index contributed by atoms with van der Waals surface area (Å²) in [7, 11) is 1.38. The van der Waals surface area contributed by atoms with Crippen molar-refractivity contribution in [2.75, 3.05) is 18.7 Å². The molecule has 1 amide bonds. The Morgan fingerprint density at radius 1 is 1.39 bits per heavy atom. The minimum atomic E-state index is -1.13. The monoisotopic (exact) mass is 287 g/mol. The lowest BCUT2D eigenvalue weighted by atomic mass is 10.2. The molecule has 0 fully saturated rings. The molecule has 1 rings (SSSR count). The third-order valence-corrected chi connectivity index (χ3v) is 3.77. The fourth-order valence-electron chi connectivity index (χ4n) is 1.33. The Hall–Kier alpha value is -1.20. The number of alkyl halides is 1. The van der Waals surface area contributed by atoms with Crippen molar-refractivity contribution in [3.63, 3.8) is 0 Å². The summed E-state index contributed by atoms with van der Waals surface area (Å²) < 4.78 is 0. The van der Waals surface area contributed by atoms with Crippen molar-refractivity contribution in [2.45, 2.75) is 10.9 Å². The Kier molecular flexibility index (Phi) is 6.01. The molecule has 0 unspecified atom stereocenters. The topological polar surface area (TPSA) is 57.6 Å². The molecule has 0 aliphatic heterocycles. The lowest BCUT2D eigenvalue weighted by molar-refractivity contribution is -0.120. The second-order valence-corrected chi connectivity index (χ2v) is 4.99. The fraction of sp³-hybridized carbons (Fsp3) is 0.333. The number of hydrogen-bond donors (Lipinski definition) is 1. The number of likely N-dealkylation sites (N-methyl/N-ethyl adjacent to an activating group) is 1. The van der Waals surface area contributed by atoms with Crippen LogP contribution in [0, 0.1) is 0 Å². The van der Waals surface area contributed by atoms with Crippen LogP contribution < -0.4 is 0 Å². The van der Waals surface area contributed by atoms with Crippen molar-refractivity contribution in [3.05, 3.63) is 30.3 Å². The molecule has 0 saturated carbocycles. The van der Waals surface area contributed by atoms with Crippen molar-refractivity contribution in [1.82, 2.24) is 4.90 Å². The van der Waals surface area contributed by atoms with Gasteiger partial charge < -0.3 is 10.0 Å². The van der Waals surface area contributed by atoms with Crippen LogP contribution >= 0.6 is 23.4 Å². The number of nitrogens with zero attached hydrogens (tertiary/aromatic N) is 1. The Morgan fingerprint density at radius 3 is 2.50 bits per heavy atom. The van der Waals surface area contributed by atoms with E-state index in [0.717, 1.165) is 9.80 Å². The number of carbonyl (C=O) groups is 2. The minimum Gasteiger partial charge on any atom is -0.465 e. The van der Waals surface area contributed by atoms with Gasteiger partial charge in [0.1, 0.15) is 6.04 Å². The first-order valence-electron chi connectivity index (χ1n) is 5.28. The van der Waals surface area contributed by atoms with E-state index in [4.69, 9.17) is 16.7 Å². The number of amides is 1. The highest BCUT2D eigenvalue weighted by Gasteiger charge is 2.25. The van der Waals surface area contributed by atoms with Gasteiger partial charge in [-0.1, -0.05) is 18.2 Å². The molecular formula is C12H14ClNO3S. The Morgan fingerprint density at radius 2 is 2.00 bits per heavy atom. The van der Waals surface area contributed by atoms with Crippen LogP contribution in [-0.4, -0.2) is 46.6 Å². The van der Waals surface area contributed by atoms with E-state index in [2.05, 4.69) is 0 Å². The van der Waals surface area contributed by atoms with Gasteiger partial charge in [0, 0.05) is 17.7 Å². The summed E-state index contributed by atoms with van der Waals surface area (Å²) in [5, 5.41) is 8.92. The summed E-state index contributed by atoms with van der Waals surface area (Å²) in [5.41, 5.74) is 0. The lowest BCUT2D eigenvalue weighted by Gasteiger charge is -2.23. The van der Waals surface area contributed by atoms with E-state index in [0.29, 0.717) is 5.75 Å². The quantitative estimate of drug-likeness (QED) is 0.645. The molecule has 0 aromatic heterocycles. The molecule has 6 heteroatoms. The number of ketones is 1. The summed E-state index contributed by atoms with van der Waals surface area (Å²) >= 11 is 6.93. The molecule has 0 spiro atoms. The molecule has 0 aliphatic carbocycles. The number of halogens is 1. The van der Waals surface area contributed by atoms with Crippen molar-refractivity contribution in [3.8, 4) is 0 Å². The molecule has 98 valence electrons. The van der Waals surface area contributed by atoms with Gasteiger partial charge in [0.15, 0.2) is 5.78 Å². The molecule has 1 aromatic carbocycles. The molecule has 0 bridgehead atoms. The lowest BCUT2D eigenvalue weighted by Crippen LogP contribution is -2.44. The number of hydrogen-bond acceptors (Lipinski definition) is 3. The van der Waals surface area contributed by atoms with Gasteiger partial charge in [-0.15, -0.1) is 23.4 Å². The number of carbonyl (C=O) groups excluding carboxylic acids is 1. The fourth-order valence-corrected chi connectivity index (χ4v) is 2.62. The van der Waals surface area contributed by atoms with E-state index < -0.39 is 12.1 Å². The number of Topliss-reactive ketones (excluding diaryl/α,β-unsaturated/α-hetero) is 1. The average Bonchev–Trinajstić information content (AvgIpc) is 2.39. The van der Waals surface area contributed by atoms with Crippen molar-refractivity contribution in [1.29, 1.82) is 0 Å². The molecule has 1 atom stereocenters. The maximum atomic E-state index is 11.6. The van der Waals surface area contributed by atoms with E-state index in [1.54, 1.807) is 0 Å². The van der Waals surface area contributed by atoms with Gasteiger partial charge in [0.25, 0.3) is 0 Å². The summed E-state index contributed by atoms with van der Waals surface area (Å²) in [5.74, 6) is -0.110. The van der Waals surface area contributed by atoms with Gasteiger partial charge >= 0.3 is 6.09 Å². The Labute approximate surface area is 115 Å². The maximum Gasteiger partial charge on any atom is 0.407 e. The van der Waals surface area contributed by atoms with Crippen LogP contribution in [-0.2, 0) is 4.79 Å². The maximum absolute atomic E-state index is 11.6. The highest BCUT2D eigenvalue weighted by molar-refractivity contribution is 7.99. The zero-order valence-corrected chi connectivity index (χ0v) is 11.4. The third-order valence-electron chi connectivity index (χ3n) is 2.42. The van der Waals surface area contributed by atoms with Crippen LogP contribution in [0.25, 0.3) is 0 Å². The summed E-state index contributed by atoms with van der Waals surface area (Å²) in [6, 6.07) is 8.78. The van der Waals surface area contributed by atoms with E-state index >= 15 is 0 Å². The van der Waals surface area contributed by atoms with E-state index in [-0.39, 0.29) is 11.7 Å². The molecular weight excluding hydrogens is 274 g/mol. The second kappa shape index (κ2) is 7.28. The molecule has 1 N–H and O–H groups in total. The van der Waals surface area contributed by atoms with Crippen LogP contribution in [0.5, 0.6) is 0 Å². The normalized spacial score (nSPS) is 11.9. The Balaban J connectivity index is 2.68. The molecule has 1 aromatic rings. The molecule has 4 nitrogen and oxygen atoms in total. The van der Waals surface area contributed by atoms with Crippen LogP contribution in [0.2, 0.25) is 0 Å². The molecule has 18 heavy (non-hydrogen) atoms. The molecule has 0 aliphatic rings. The number of benzene rings is 1. The summed E-state index contributed by atoms with van der Waals surface area (Å²) in [4.78, 5) is 24.5. The van der Waals surface area contributed by atoms with Crippen molar-refractivity contribution < 1.29 is 14.7 Å². The largest absolute Gasteiger partial charge is 0.465 e. The Bertz CT molecular complexity index is 413. The zero-order valence-electron chi connectivity index (χ0n) is 9.88. The third kappa shape index (κ3) is 4.23. The van der Waals surface area contributed by atoms with Gasteiger partial charge in [-0.25, -0.2) is 4.79 Å². The smallest absolute Gasteiger partial charge is 0.407 e. The first-order valence-corrected chi connectivity index (χ1v) is 6.80. The molecule has 0 saturated heterocycles. The number of thioether (sulfide) groups is 1. The van der Waals surface area contributed by atoms with Crippen LogP contribution in [0.1, 0.15) is 0 Å². The van der Waals surface area contributed by atoms with Crippen LogP contribution in [0.4, 0.5) is 4.79 Å². The predicted octanol–water partition coefficient (Wildman–Crippen LogP) is 2.57. The highest BCUT2D eigenvalue weighted by atomic mass is 35.5. The van der Waals surface area contributed by atoms with Gasteiger partial charge in [-0.3, -0.25) is 4.79 Å². The highest BCUT2D eigenvalue weighted by Crippen LogP contribution is 2.20. The molecule has 0 radical (unpaired) electrons. The summed E-state index contributed by atoms with van der Waals surface area (Å²) in [6.07, 6.45) is -1.13. The van der Waals surface area contributed by atoms with Gasteiger partial charge in [0.05, 0.1) is 5.88 Å². The SMILES string of the molecule is CN(C(=O)O)[C@@H](CSc1ccccc1)C(=O)CCl. The van der Waals surface area contributed by atoms with Crippen LogP contribution in [0.3, 0.4) is 0 Å². The number of rotatable bonds is 6. The van der Waals surface area contributed by atoms with Gasteiger partial charge in [-0.05, 0) is 12.1 Å². The second-order valence-electron chi connectivity index (χ2n) is 3.63. The predicted molar refractivity (Wildman–Crippen MR) is 72.5 cm³/mol. The van der Waals surface area contributed by atoms with E-state index in [9.17, 15) is 9.59 Å². The van der Waals surface area contributed by atoms with Gasteiger partial charge in [0.2, 0.25) is 0 Å². The standard InChI is InChI=1S/C12H14ClNO3S/c1-14(12(16)17)10(11(15)7-13)8-18-9-5-3-2-4-6-9/h2-6,10H,7-8H2,1H3,(H,16,17)/t10-/m0/s1. The van der Waals surface area contributed by atoms with Crippen molar-refractivity contribution in [2.24, 2.45) is 0 Å². The first kappa shape index (κ1) is 14.9. The summed E-state index contributed by atoms with van der Waals surface area (Å²) in [6.45, 7) is 0. The zero-order chi connectivity index (χ0) is 13.5. The van der Waals surface area contributed by atoms with Crippen molar-refractivity contribution >= 4 is 35.2 Å². The number of carboxylic acid groups (broad SMARTS) is 1. The van der Waals surface area contributed by atoms with Gasteiger partial charge in [-0.2, -0.15) is 0 Å². The first-order chi connectivity index (χ1) is 8.56. The minimum absolute atomic E-state index is 0.183. The van der Waals surface area contributed by atoms with E-state index in [1.165, 1.54) is 18.8 Å². The van der Waals surface area contributed by atoms with E-state index in [1.807, 2.05) is 30.3 Å². The van der Waals surface area contributed by atoms with Crippen LogP contribution in [0.15, 0.2) is 35.2 Å².